The molecule has 174 valence electrons. The number of fused-ring (bicyclic) bond motifs is 3. The van der Waals surface area contributed by atoms with E-state index in [1.807, 2.05) is 0 Å². The average Bonchev–Trinajstić information content (AvgIpc) is 3.52. The molecule has 0 spiro atoms. The first-order chi connectivity index (χ1) is 16.4. The van der Waals surface area contributed by atoms with E-state index in [1.165, 1.54) is 76.3 Å². The van der Waals surface area contributed by atoms with E-state index in [9.17, 15) is 0 Å². The molecule has 34 heavy (non-hydrogen) atoms. The molecule has 3 aromatic rings. The zero-order chi connectivity index (χ0) is 23.6. The fourth-order valence-electron chi connectivity index (χ4n) is 7.39. The molecule has 0 N–H and O–H groups in total. The molecule has 2 heterocycles. The Hall–Kier alpha value is -3.00. The van der Waals surface area contributed by atoms with E-state index in [0.717, 1.165) is 0 Å². The molecule has 2 nitrogen and oxygen atoms in total. The third kappa shape index (κ3) is 2.81. The monoisotopic (exact) mass is 448 g/mol. The van der Waals surface area contributed by atoms with Crippen LogP contribution in [0.15, 0.2) is 78.1 Å². The maximum Gasteiger partial charge on any atom is 0.137 e. The summed E-state index contributed by atoms with van der Waals surface area (Å²) in [4.78, 5) is 5.36. The first kappa shape index (κ1) is 21.5. The Labute approximate surface area is 204 Å². The molecule has 1 fully saturated rings. The average molecular weight is 449 g/mol. The summed E-state index contributed by atoms with van der Waals surface area (Å²) in [5.74, 6) is 0.694. The molecule has 3 aliphatic rings. The van der Waals surface area contributed by atoms with Crippen molar-refractivity contribution in [1.29, 1.82) is 0 Å². The third-order valence-corrected chi connectivity index (χ3v) is 9.00. The van der Waals surface area contributed by atoms with E-state index >= 15 is 0 Å². The maximum atomic E-state index is 2.71. The molecule has 2 aliphatic heterocycles. The molecule has 0 radical (unpaired) electrons. The van der Waals surface area contributed by atoms with Crippen molar-refractivity contribution >= 4 is 11.4 Å². The van der Waals surface area contributed by atoms with E-state index in [2.05, 4.69) is 111 Å². The van der Waals surface area contributed by atoms with Crippen LogP contribution in [0, 0.1) is 26.7 Å². The van der Waals surface area contributed by atoms with Gasteiger partial charge in [-0.25, -0.2) is 0 Å². The topological polar surface area (TPSA) is 6.48 Å². The van der Waals surface area contributed by atoms with Crippen LogP contribution in [0.5, 0.6) is 0 Å². The lowest BCUT2D eigenvalue weighted by Gasteiger charge is -2.36. The van der Waals surface area contributed by atoms with Gasteiger partial charge in [0.05, 0.1) is 5.70 Å². The number of allylic oxidation sites excluding steroid dienone is 2. The van der Waals surface area contributed by atoms with Crippen LogP contribution in [0.2, 0.25) is 0 Å². The normalized spacial score (nSPS) is 24.2. The van der Waals surface area contributed by atoms with Gasteiger partial charge in [-0.3, -0.25) is 0 Å². The highest BCUT2D eigenvalue weighted by molar-refractivity contribution is 5.80. The van der Waals surface area contributed by atoms with Crippen molar-refractivity contribution in [2.45, 2.75) is 71.9 Å². The smallest absolute Gasteiger partial charge is 0.137 e. The van der Waals surface area contributed by atoms with Crippen LogP contribution in [0.25, 0.3) is 0 Å². The fraction of sp³-hybridized carbons (Fsp3) is 0.375. The molecular weight excluding hydrogens is 412 g/mol. The van der Waals surface area contributed by atoms with Gasteiger partial charge in [-0.15, -0.1) is 0 Å². The van der Waals surface area contributed by atoms with Crippen molar-refractivity contribution in [2.24, 2.45) is 5.92 Å². The molecule has 2 unspecified atom stereocenters. The SMILES string of the molecule is CC1=C2N(c3ccccc3C2(C)C2CCCC2)C(c2c(C)cccc2C)N1c1ccccc1C. The molecule has 3 aromatic carbocycles. The Balaban J connectivity index is 1.67. The van der Waals surface area contributed by atoms with Crippen LogP contribution in [0.3, 0.4) is 0 Å². The summed E-state index contributed by atoms with van der Waals surface area (Å²) in [6.45, 7) is 11.7. The standard InChI is InChI=1S/C32H36N2/c1-21-13-6-10-19-27(21)33-24(4)30-32(5,25-16-7-8-17-25)26-18-9-11-20-28(26)34(30)31(33)29-22(2)14-12-15-23(29)3/h6,9-15,18-20,25,31H,7-8,16-17H2,1-5H3. The molecular formula is C32H36N2. The van der Waals surface area contributed by atoms with Crippen LogP contribution in [0.4, 0.5) is 11.4 Å². The van der Waals surface area contributed by atoms with Crippen LogP contribution >= 0.6 is 0 Å². The Morgan fingerprint density at radius 1 is 0.676 bits per heavy atom. The van der Waals surface area contributed by atoms with Gasteiger partial charge in [0.15, 0.2) is 0 Å². The van der Waals surface area contributed by atoms with Crippen LogP contribution in [-0.4, -0.2) is 0 Å². The lowest BCUT2D eigenvalue weighted by molar-refractivity contribution is 0.352. The van der Waals surface area contributed by atoms with Gasteiger partial charge in [0.1, 0.15) is 6.17 Å². The Morgan fingerprint density at radius 3 is 1.94 bits per heavy atom. The van der Waals surface area contributed by atoms with Crippen molar-refractivity contribution in [1.82, 2.24) is 0 Å². The number of para-hydroxylation sites is 2. The van der Waals surface area contributed by atoms with Gasteiger partial charge in [-0.05, 0) is 87.8 Å². The van der Waals surface area contributed by atoms with Crippen molar-refractivity contribution in [3.05, 3.63) is 106 Å². The summed E-state index contributed by atoms with van der Waals surface area (Å²) in [6, 6.07) is 24.9. The van der Waals surface area contributed by atoms with Crippen LogP contribution < -0.4 is 9.80 Å². The number of anilines is 2. The molecule has 2 atom stereocenters. The van der Waals surface area contributed by atoms with Gasteiger partial charge in [-0.2, -0.15) is 0 Å². The molecule has 2 heteroatoms. The highest BCUT2D eigenvalue weighted by atomic mass is 15.4. The molecule has 0 bridgehead atoms. The van der Waals surface area contributed by atoms with E-state index in [4.69, 9.17) is 0 Å². The van der Waals surface area contributed by atoms with Gasteiger partial charge in [-0.1, -0.05) is 67.4 Å². The second-order valence-corrected chi connectivity index (χ2v) is 10.8. The summed E-state index contributed by atoms with van der Waals surface area (Å²) in [5.41, 5.74) is 12.7. The Morgan fingerprint density at radius 2 is 1.26 bits per heavy atom. The minimum absolute atomic E-state index is 0.0451. The Kier molecular flexibility index (Phi) is 4.92. The van der Waals surface area contributed by atoms with Gasteiger partial charge in [0.25, 0.3) is 0 Å². The summed E-state index contributed by atoms with van der Waals surface area (Å²) in [5, 5.41) is 0. The van der Waals surface area contributed by atoms with Crippen molar-refractivity contribution in [3.8, 4) is 0 Å². The summed E-state index contributed by atoms with van der Waals surface area (Å²) in [7, 11) is 0. The van der Waals surface area contributed by atoms with Crippen molar-refractivity contribution < 1.29 is 0 Å². The number of hydrogen-bond acceptors (Lipinski definition) is 2. The highest BCUT2D eigenvalue weighted by Gasteiger charge is 2.56. The number of rotatable bonds is 3. The molecule has 0 aromatic heterocycles. The van der Waals surface area contributed by atoms with E-state index in [-0.39, 0.29) is 11.6 Å². The van der Waals surface area contributed by atoms with Gasteiger partial charge in [0.2, 0.25) is 0 Å². The van der Waals surface area contributed by atoms with Gasteiger partial charge in [0, 0.05) is 28.1 Å². The van der Waals surface area contributed by atoms with E-state index in [1.54, 1.807) is 0 Å². The highest BCUT2D eigenvalue weighted by Crippen LogP contribution is 2.63. The molecule has 6 rings (SSSR count). The Bertz CT molecular complexity index is 1280. The summed E-state index contributed by atoms with van der Waals surface area (Å²) >= 11 is 0. The number of aryl methyl sites for hydroxylation is 3. The summed E-state index contributed by atoms with van der Waals surface area (Å²) < 4.78 is 0. The first-order valence-corrected chi connectivity index (χ1v) is 13.0. The van der Waals surface area contributed by atoms with Crippen LogP contribution in [-0.2, 0) is 5.41 Å². The minimum atomic E-state index is 0.0451. The zero-order valence-electron chi connectivity index (χ0n) is 21.2. The predicted octanol–water partition coefficient (Wildman–Crippen LogP) is 8.33. The summed E-state index contributed by atoms with van der Waals surface area (Å²) in [6.07, 6.45) is 5.50. The number of hydrogen-bond donors (Lipinski definition) is 0. The van der Waals surface area contributed by atoms with Gasteiger partial charge >= 0.3 is 0 Å². The lowest BCUT2D eigenvalue weighted by atomic mass is 9.70. The molecule has 1 aliphatic carbocycles. The third-order valence-electron chi connectivity index (χ3n) is 9.00. The molecule has 0 amide bonds. The van der Waals surface area contributed by atoms with E-state index in [0.29, 0.717) is 5.92 Å². The van der Waals surface area contributed by atoms with E-state index < -0.39 is 0 Å². The number of nitrogens with zero attached hydrogens (tertiary/aromatic N) is 2. The second-order valence-electron chi connectivity index (χ2n) is 10.8. The van der Waals surface area contributed by atoms with Crippen LogP contribution in [0.1, 0.15) is 73.5 Å². The van der Waals surface area contributed by atoms with Crippen molar-refractivity contribution in [2.75, 3.05) is 9.80 Å². The predicted molar refractivity (Wildman–Crippen MR) is 143 cm³/mol. The minimum Gasteiger partial charge on any atom is -0.318 e. The number of benzene rings is 3. The van der Waals surface area contributed by atoms with Crippen molar-refractivity contribution in [3.63, 3.8) is 0 Å². The molecule has 1 saturated carbocycles. The second kappa shape index (κ2) is 7.77. The maximum absolute atomic E-state index is 2.71. The molecule has 0 saturated heterocycles. The lowest BCUT2D eigenvalue weighted by Crippen LogP contribution is -2.35. The zero-order valence-corrected chi connectivity index (χ0v) is 21.2. The van der Waals surface area contributed by atoms with Gasteiger partial charge < -0.3 is 9.80 Å². The quantitative estimate of drug-likeness (QED) is 0.397. The first-order valence-electron chi connectivity index (χ1n) is 13.0. The largest absolute Gasteiger partial charge is 0.318 e. The fourth-order valence-corrected chi connectivity index (χ4v) is 7.39.